The summed E-state index contributed by atoms with van der Waals surface area (Å²) >= 11 is 0. The number of hydrogen-bond donors (Lipinski definition) is 1. The van der Waals surface area contributed by atoms with Crippen LogP contribution in [0.2, 0.25) is 0 Å². The van der Waals surface area contributed by atoms with Gasteiger partial charge in [0.05, 0.1) is 16.8 Å². The number of rotatable bonds is 4. The number of nitro benzene ring substituents is 1. The molecule has 3 aliphatic rings. The van der Waals surface area contributed by atoms with Gasteiger partial charge >= 0.3 is 5.97 Å². The molecule has 8 nitrogen and oxygen atoms in total. The minimum absolute atomic E-state index is 0.0107. The predicted octanol–water partition coefficient (Wildman–Crippen LogP) is 2.83. The zero-order valence-electron chi connectivity index (χ0n) is 16.7. The number of carbonyl (C=O) groups is 2. The number of aliphatic carboxylic acids is 1. The monoisotopic (exact) mass is 401 g/mol. The number of benzene rings is 1. The molecule has 1 spiro atoms. The molecule has 1 aromatic carbocycles. The molecule has 1 heterocycles. The van der Waals surface area contributed by atoms with Crippen molar-refractivity contribution in [2.75, 3.05) is 31.1 Å². The fraction of sp³-hybridized carbons (Fsp3) is 0.619. The van der Waals surface area contributed by atoms with E-state index in [4.69, 9.17) is 0 Å². The second-order valence-electron chi connectivity index (χ2n) is 8.83. The van der Waals surface area contributed by atoms with E-state index in [2.05, 4.69) is 4.90 Å². The Balaban J connectivity index is 1.42. The minimum Gasteiger partial charge on any atom is -0.481 e. The van der Waals surface area contributed by atoms with Gasteiger partial charge in [-0.2, -0.15) is 0 Å². The number of aryl methyl sites for hydroxylation is 1. The van der Waals surface area contributed by atoms with Crippen LogP contribution in [0.15, 0.2) is 18.2 Å². The highest BCUT2D eigenvalue weighted by Gasteiger charge is 2.52. The highest BCUT2D eigenvalue weighted by Crippen LogP contribution is 2.59. The lowest BCUT2D eigenvalue weighted by molar-refractivity contribution is -0.384. The molecule has 0 bridgehead atoms. The van der Waals surface area contributed by atoms with Gasteiger partial charge in [-0.15, -0.1) is 0 Å². The fourth-order valence-electron chi connectivity index (χ4n) is 5.07. The smallest absolute Gasteiger partial charge is 0.307 e. The van der Waals surface area contributed by atoms with Crippen molar-refractivity contribution >= 4 is 23.3 Å². The van der Waals surface area contributed by atoms with Crippen LogP contribution in [0, 0.1) is 34.3 Å². The number of nitrogens with zero attached hydrogens (tertiary/aromatic N) is 3. The second kappa shape index (κ2) is 7.31. The van der Waals surface area contributed by atoms with Gasteiger partial charge in [0.25, 0.3) is 5.69 Å². The summed E-state index contributed by atoms with van der Waals surface area (Å²) < 4.78 is 0. The third-order valence-electron chi connectivity index (χ3n) is 7.04. The van der Waals surface area contributed by atoms with E-state index in [9.17, 15) is 24.8 Å². The quantitative estimate of drug-likeness (QED) is 0.615. The summed E-state index contributed by atoms with van der Waals surface area (Å²) in [5, 5.41) is 20.5. The van der Waals surface area contributed by atoms with Crippen molar-refractivity contribution in [2.45, 2.75) is 39.0 Å². The molecule has 3 fully saturated rings. The highest BCUT2D eigenvalue weighted by molar-refractivity contribution is 5.85. The summed E-state index contributed by atoms with van der Waals surface area (Å²) in [6.07, 6.45) is 4.49. The molecule has 8 heteroatoms. The molecule has 4 rings (SSSR count). The highest BCUT2D eigenvalue weighted by atomic mass is 16.6. The number of non-ortho nitro benzene ring substituents is 1. The first-order valence-electron chi connectivity index (χ1n) is 10.3. The molecule has 2 aliphatic carbocycles. The van der Waals surface area contributed by atoms with Crippen molar-refractivity contribution in [3.63, 3.8) is 0 Å². The Bertz CT molecular complexity index is 843. The summed E-state index contributed by atoms with van der Waals surface area (Å²) in [5.74, 6) is -1.83. The van der Waals surface area contributed by atoms with Gasteiger partial charge in [-0.25, -0.2) is 0 Å². The largest absolute Gasteiger partial charge is 0.481 e. The van der Waals surface area contributed by atoms with Gasteiger partial charge in [0, 0.05) is 44.0 Å². The molecule has 156 valence electrons. The van der Waals surface area contributed by atoms with Crippen LogP contribution in [0.5, 0.6) is 0 Å². The summed E-state index contributed by atoms with van der Waals surface area (Å²) in [5.41, 5.74) is 2.09. The Hall–Kier alpha value is -2.64. The van der Waals surface area contributed by atoms with Crippen LogP contribution in [-0.4, -0.2) is 53.0 Å². The number of amides is 1. The second-order valence-corrected chi connectivity index (χ2v) is 8.83. The van der Waals surface area contributed by atoms with Crippen LogP contribution in [0.4, 0.5) is 11.4 Å². The minimum atomic E-state index is -0.848. The molecule has 1 aliphatic heterocycles. The van der Waals surface area contributed by atoms with Gasteiger partial charge in [0.1, 0.15) is 0 Å². The topological polar surface area (TPSA) is 104 Å². The number of piperazine rings is 1. The summed E-state index contributed by atoms with van der Waals surface area (Å²) in [6, 6.07) is 4.85. The van der Waals surface area contributed by atoms with E-state index in [1.165, 1.54) is 6.07 Å². The summed E-state index contributed by atoms with van der Waals surface area (Å²) in [4.78, 5) is 39.4. The van der Waals surface area contributed by atoms with E-state index < -0.39 is 22.7 Å². The third-order valence-corrected chi connectivity index (χ3v) is 7.04. The van der Waals surface area contributed by atoms with Crippen LogP contribution in [0.1, 0.15) is 37.7 Å². The number of carbonyl (C=O) groups excluding carboxylic acids is 1. The van der Waals surface area contributed by atoms with Gasteiger partial charge in [0.2, 0.25) is 5.91 Å². The molecular formula is C21H27N3O5. The normalized spacial score (nSPS) is 25.7. The number of hydrogen-bond acceptors (Lipinski definition) is 5. The Labute approximate surface area is 169 Å². The maximum atomic E-state index is 13.2. The zero-order chi connectivity index (χ0) is 20.8. The van der Waals surface area contributed by atoms with Gasteiger partial charge in [0.15, 0.2) is 0 Å². The molecule has 1 amide bonds. The number of carboxylic acid groups (broad SMARTS) is 1. The Morgan fingerprint density at radius 3 is 2.38 bits per heavy atom. The first-order chi connectivity index (χ1) is 13.8. The van der Waals surface area contributed by atoms with Crippen LogP contribution < -0.4 is 4.90 Å². The van der Waals surface area contributed by atoms with Crippen molar-refractivity contribution in [3.8, 4) is 0 Å². The van der Waals surface area contributed by atoms with Gasteiger partial charge < -0.3 is 14.9 Å². The number of carboxylic acids is 1. The van der Waals surface area contributed by atoms with E-state index in [0.29, 0.717) is 39.0 Å². The maximum Gasteiger partial charge on any atom is 0.307 e. The summed E-state index contributed by atoms with van der Waals surface area (Å²) in [7, 11) is 0. The fourth-order valence-corrected chi connectivity index (χ4v) is 5.07. The SMILES string of the molecule is Cc1cc([N+](=O)[O-])ccc1N1CCN(C(=O)C2CC3(CCC2C(=O)O)CC3)CC1. The molecule has 1 saturated heterocycles. The van der Waals surface area contributed by atoms with Crippen molar-refractivity contribution in [3.05, 3.63) is 33.9 Å². The van der Waals surface area contributed by atoms with Crippen molar-refractivity contribution in [1.29, 1.82) is 0 Å². The molecule has 2 unspecified atom stereocenters. The third kappa shape index (κ3) is 3.80. The Morgan fingerprint density at radius 2 is 1.83 bits per heavy atom. The average molecular weight is 401 g/mol. The van der Waals surface area contributed by atoms with E-state index in [0.717, 1.165) is 30.5 Å². The molecule has 1 aromatic rings. The lowest BCUT2D eigenvalue weighted by Gasteiger charge is -2.41. The first kappa shape index (κ1) is 19.7. The molecule has 0 radical (unpaired) electrons. The van der Waals surface area contributed by atoms with E-state index in [-0.39, 0.29) is 17.0 Å². The number of anilines is 1. The van der Waals surface area contributed by atoms with E-state index in [1.54, 1.807) is 12.1 Å². The van der Waals surface area contributed by atoms with Gasteiger partial charge in [-0.05, 0) is 56.1 Å². The lowest BCUT2D eigenvalue weighted by atomic mass is 9.71. The maximum absolute atomic E-state index is 13.2. The van der Waals surface area contributed by atoms with Crippen LogP contribution >= 0.6 is 0 Å². The molecule has 2 saturated carbocycles. The Morgan fingerprint density at radius 1 is 1.14 bits per heavy atom. The van der Waals surface area contributed by atoms with Gasteiger partial charge in [-0.3, -0.25) is 19.7 Å². The molecule has 1 N–H and O–H groups in total. The molecule has 29 heavy (non-hydrogen) atoms. The molecular weight excluding hydrogens is 374 g/mol. The van der Waals surface area contributed by atoms with Gasteiger partial charge in [-0.1, -0.05) is 0 Å². The first-order valence-corrected chi connectivity index (χ1v) is 10.3. The molecule has 0 aromatic heterocycles. The van der Waals surface area contributed by atoms with Crippen LogP contribution in [0.25, 0.3) is 0 Å². The standard InChI is InChI=1S/C21H27N3O5/c1-14-12-15(24(28)29)2-3-18(14)22-8-10-23(11-9-22)19(25)17-13-21(6-7-21)5-4-16(17)20(26)27/h2-3,12,16-17H,4-11,13H2,1H3,(H,26,27). The van der Waals surface area contributed by atoms with Crippen LogP contribution in [0.3, 0.4) is 0 Å². The zero-order valence-corrected chi connectivity index (χ0v) is 16.7. The van der Waals surface area contributed by atoms with Crippen molar-refractivity contribution in [1.82, 2.24) is 4.90 Å². The summed E-state index contributed by atoms with van der Waals surface area (Å²) in [6.45, 7) is 4.23. The predicted molar refractivity (Wildman–Crippen MR) is 107 cm³/mol. The Kier molecular flexibility index (Phi) is 4.96. The van der Waals surface area contributed by atoms with Crippen LogP contribution in [-0.2, 0) is 9.59 Å². The lowest BCUT2D eigenvalue weighted by Crippen LogP contribution is -2.52. The molecule has 2 atom stereocenters. The number of nitro groups is 1. The van der Waals surface area contributed by atoms with Crippen molar-refractivity contribution < 1.29 is 19.6 Å². The van der Waals surface area contributed by atoms with Crippen molar-refractivity contribution in [2.24, 2.45) is 17.3 Å². The van der Waals surface area contributed by atoms with E-state index >= 15 is 0 Å². The van der Waals surface area contributed by atoms with E-state index in [1.807, 2.05) is 11.8 Å². The average Bonchev–Trinajstić information content (AvgIpc) is 3.45.